The Morgan fingerprint density at radius 1 is 1.31 bits per heavy atom. The molecular formula is C22H23ClN2O3S. The van der Waals surface area contributed by atoms with Gasteiger partial charge in [0, 0.05) is 19.0 Å². The van der Waals surface area contributed by atoms with E-state index in [2.05, 4.69) is 16.4 Å². The summed E-state index contributed by atoms with van der Waals surface area (Å²) < 4.78 is 12.0. The van der Waals surface area contributed by atoms with Crippen LogP contribution in [0.1, 0.15) is 23.9 Å². The van der Waals surface area contributed by atoms with E-state index in [1.54, 1.807) is 36.7 Å². The van der Waals surface area contributed by atoms with Crippen molar-refractivity contribution in [2.45, 2.75) is 19.8 Å². The van der Waals surface area contributed by atoms with Gasteiger partial charge in [-0.05, 0) is 49.2 Å². The number of thiazole rings is 1. The van der Waals surface area contributed by atoms with Crippen LogP contribution in [0.3, 0.4) is 0 Å². The number of amides is 1. The third-order valence-electron chi connectivity index (χ3n) is 4.17. The first-order chi connectivity index (χ1) is 14.1. The van der Waals surface area contributed by atoms with Crippen LogP contribution in [0, 0.1) is 0 Å². The third kappa shape index (κ3) is 5.71. The molecule has 0 bridgehead atoms. The maximum absolute atomic E-state index is 12.1. The lowest BCUT2D eigenvalue weighted by Gasteiger charge is -2.11. The van der Waals surface area contributed by atoms with Crippen molar-refractivity contribution in [1.29, 1.82) is 0 Å². The SMILES string of the molecule is CCOc1c(Cl)cc(C=CC(=O)NCCCc2nc3ccccc3s2)cc1OC. The number of fused-ring (bicyclic) bond motifs is 1. The molecule has 1 aromatic heterocycles. The van der Waals surface area contributed by atoms with Crippen molar-refractivity contribution in [3.8, 4) is 11.5 Å². The van der Waals surface area contributed by atoms with E-state index in [0.29, 0.717) is 29.7 Å². The number of aromatic nitrogens is 1. The Bertz CT molecular complexity index is 983. The van der Waals surface area contributed by atoms with Crippen LogP contribution >= 0.6 is 22.9 Å². The fraction of sp³-hybridized carbons (Fsp3) is 0.273. The summed E-state index contributed by atoms with van der Waals surface area (Å²) >= 11 is 7.95. The second-order valence-corrected chi connectivity index (χ2v) is 7.79. The van der Waals surface area contributed by atoms with Crippen molar-refractivity contribution in [3.63, 3.8) is 0 Å². The van der Waals surface area contributed by atoms with Gasteiger partial charge in [-0.25, -0.2) is 4.98 Å². The van der Waals surface area contributed by atoms with Gasteiger partial charge in [0.2, 0.25) is 5.91 Å². The molecule has 0 spiro atoms. The number of hydrogen-bond acceptors (Lipinski definition) is 5. The van der Waals surface area contributed by atoms with E-state index in [1.165, 1.54) is 10.8 Å². The fourth-order valence-corrected chi connectivity index (χ4v) is 4.11. The molecule has 0 aliphatic heterocycles. The average molecular weight is 431 g/mol. The molecule has 5 nitrogen and oxygen atoms in total. The van der Waals surface area contributed by atoms with Crippen LogP contribution < -0.4 is 14.8 Å². The highest BCUT2D eigenvalue weighted by molar-refractivity contribution is 7.18. The number of rotatable bonds is 9. The standard InChI is InChI=1S/C22H23ClN2O3S/c1-3-28-22-16(23)13-15(14-18(22)27-2)10-11-20(26)24-12-6-9-21-25-17-7-4-5-8-19(17)29-21/h4-5,7-8,10-11,13-14H,3,6,9,12H2,1-2H3,(H,24,26). The highest BCUT2D eigenvalue weighted by Crippen LogP contribution is 2.36. The number of methoxy groups -OCH3 is 1. The van der Waals surface area contributed by atoms with Gasteiger partial charge in [-0.2, -0.15) is 0 Å². The topological polar surface area (TPSA) is 60.5 Å². The summed E-state index contributed by atoms with van der Waals surface area (Å²) in [4.78, 5) is 16.7. The van der Waals surface area contributed by atoms with Crippen molar-refractivity contribution in [3.05, 3.63) is 58.1 Å². The minimum atomic E-state index is -0.154. The predicted octanol–water partition coefficient (Wildman–Crippen LogP) is 5.12. The maximum atomic E-state index is 12.1. The molecule has 2 aromatic carbocycles. The molecule has 0 radical (unpaired) electrons. The van der Waals surface area contributed by atoms with Crippen molar-refractivity contribution in [2.24, 2.45) is 0 Å². The summed E-state index contributed by atoms with van der Waals surface area (Å²) in [7, 11) is 1.56. The molecule has 0 atom stereocenters. The van der Waals surface area contributed by atoms with Crippen molar-refractivity contribution in [1.82, 2.24) is 10.3 Å². The van der Waals surface area contributed by atoms with Gasteiger partial charge >= 0.3 is 0 Å². The van der Waals surface area contributed by atoms with Gasteiger partial charge in [-0.1, -0.05) is 23.7 Å². The second kappa shape index (κ2) is 10.3. The van der Waals surface area contributed by atoms with Gasteiger partial charge in [0.05, 0.1) is 34.0 Å². The van der Waals surface area contributed by atoms with Crippen LogP contribution in [0.15, 0.2) is 42.5 Å². The monoisotopic (exact) mass is 430 g/mol. The van der Waals surface area contributed by atoms with Crippen LogP contribution in [0.5, 0.6) is 11.5 Å². The second-order valence-electron chi connectivity index (χ2n) is 6.27. The first-order valence-corrected chi connectivity index (χ1v) is 10.6. The van der Waals surface area contributed by atoms with E-state index in [-0.39, 0.29) is 5.91 Å². The number of carbonyl (C=O) groups excluding carboxylic acids is 1. The Morgan fingerprint density at radius 3 is 2.90 bits per heavy atom. The quantitative estimate of drug-likeness (QED) is 0.378. The van der Waals surface area contributed by atoms with Gasteiger partial charge in [-0.15, -0.1) is 11.3 Å². The fourth-order valence-electron chi connectivity index (χ4n) is 2.83. The molecule has 29 heavy (non-hydrogen) atoms. The van der Waals surface area contributed by atoms with Gasteiger partial charge in [-0.3, -0.25) is 4.79 Å². The number of carbonyl (C=O) groups is 1. The molecule has 152 valence electrons. The first kappa shape index (κ1) is 21.1. The molecule has 0 saturated heterocycles. The smallest absolute Gasteiger partial charge is 0.243 e. The zero-order chi connectivity index (χ0) is 20.6. The molecule has 0 unspecified atom stereocenters. The Hall–Kier alpha value is -2.57. The van der Waals surface area contributed by atoms with Crippen molar-refractivity contribution >= 4 is 45.1 Å². The highest BCUT2D eigenvalue weighted by atomic mass is 35.5. The lowest BCUT2D eigenvalue weighted by molar-refractivity contribution is -0.116. The normalized spacial score (nSPS) is 11.1. The first-order valence-electron chi connectivity index (χ1n) is 9.41. The third-order valence-corrected chi connectivity index (χ3v) is 5.55. The van der Waals surface area contributed by atoms with Crippen molar-refractivity contribution in [2.75, 3.05) is 20.3 Å². The van der Waals surface area contributed by atoms with E-state index >= 15 is 0 Å². The average Bonchev–Trinajstić information content (AvgIpc) is 3.14. The number of aryl methyl sites for hydroxylation is 1. The number of para-hydroxylation sites is 1. The number of ether oxygens (including phenoxy) is 2. The van der Waals surface area contributed by atoms with E-state index < -0.39 is 0 Å². The molecule has 1 N–H and O–H groups in total. The van der Waals surface area contributed by atoms with Gasteiger partial charge < -0.3 is 14.8 Å². The lowest BCUT2D eigenvalue weighted by atomic mass is 10.2. The summed E-state index contributed by atoms with van der Waals surface area (Å²) in [5, 5.41) is 4.43. The Balaban J connectivity index is 1.50. The molecule has 3 aromatic rings. The van der Waals surface area contributed by atoms with Crippen LogP contribution in [0.25, 0.3) is 16.3 Å². The van der Waals surface area contributed by atoms with Crippen LogP contribution in [0.4, 0.5) is 0 Å². The Kier molecular flexibility index (Phi) is 7.49. The van der Waals surface area contributed by atoms with E-state index in [4.69, 9.17) is 21.1 Å². The number of benzene rings is 2. The predicted molar refractivity (Wildman–Crippen MR) is 119 cm³/mol. The molecular weight excluding hydrogens is 408 g/mol. The Morgan fingerprint density at radius 2 is 2.14 bits per heavy atom. The minimum Gasteiger partial charge on any atom is -0.493 e. The molecule has 0 aliphatic carbocycles. The zero-order valence-corrected chi connectivity index (χ0v) is 18.0. The molecule has 7 heteroatoms. The van der Waals surface area contributed by atoms with Crippen molar-refractivity contribution < 1.29 is 14.3 Å². The number of nitrogens with zero attached hydrogens (tertiary/aromatic N) is 1. The zero-order valence-electron chi connectivity index (χ0n) is 16.4. The summed E-state index contributed by atoms with van der Waals surface area (Å²) in [6.07, 6.45) is 4.87. The largest absolute Gasteiger partial charge is 0.493 e. The lowest BCUT2D eigenvalue weighted by Crippen LogP contribution is -2.22. The van der Waals surface area contributed by atoms with Crippen LogP contribution in [-0.2, 0) is 11.2 Å². The molecule has 0 aliphatic rings. The van der Waals surface area contributed by atoms with Gasteiger partial charge in [0.1, 0.15) is 0 Å². The number of nitrogens with one attached hydrogen (secondary N) is 1. The molecule has 0 fully saturated rings. The van der Waals surface area contributed by atoms with E-state index in [9.17, 15) is 4.79 Å². The summed E-state index contributed by atoms with van der Waals surface area (Å²) in [5.74, 6) is 0.890. The van der Waals surface area contributed by atoms with Gasteiger partial charge in [0.25, 0.3) is 0 Å². The summed E-state index contributed by atoms with van der Waals surface area (Å²) in [5.41, 5.74) is 1.80. The van der Waals surface area contributed by atoms with E-state index in [0.717, 1.165) is 28.9 Å². The minimum absolute atomic E-state index is 0.154. The molecule has 3 rings (SSSR count). The number of halogens is 1. The maximum Gasteiger partial charge on any atom is 0.243 e. The molecule has 1 heterocycles. The Labute approximate surface area is 179 Å². The highest BCUT2D eigenvalue weighted by Gasteiger charge is 2.10. The molecule has 0 saturated carbocycles. The van der Waals surface area contributed by atoms with Crippen LogP contribution in [-0.4, -0.2) is 31.2 Å². The summed E-state index contributed by atoms with van der Waals surface area (Å²) in [6.45, 7) is 2.96. The summed E-state index contributed by atoms with van der Waals surface area (Å²) in [6, 6.07) is 11.6. The molecule has 1 amide bonds. The van der Waals surface area contributed by atoms with E-state index in [1.807, 2.05) is 25.1 Å². The van der Waals surface area contributed by atoms with Gasteiger partial charge in [0.15, 0.2) is 11.5 Å². The van der Waals surface area contributed by atoms with Crippen LogP contribution in [0.2, 0.25) is 5.02 Å². The number of hydrogen-bond donors (Lipinski definition) is 1.